The molecule has 0 saturated heterocycles. The van der Waals surface area contributed by atoms with Gasteiger partial charge in [0.25, 0.3) is 5.56 Å². The average molecular weight is 227 g/mol. The van der Waals surface area contributed by atoms with Crippen molar-refractivity contribution in [2.75, 3.05) is 0 Å². The van der Waals surface area contributed by atoms with Crippen LogP contribution in [0.5, 0.6) is 0 Å². The Labute approximate surface area is 98.9 Å². The fourth-order valence-electron chi connectivity index (χ4n) is 2.10. The van der Waals surface area contributed by atoms with E-state index in [1.165, 1.54) is 0 Å². The number of hydrogen-bond acceptors (Lipinski definition) is 3. The van der Waals surface area contributed by atoms with E-state index in [1.54, 1.807) is 10.9 Å². The van der Waals surface area contributed by atoms with Gasteiger partial charge in [0.05, 0.1) is 24.1 Å². The Balaban J connectivity index is 1.98. The number of nitrogens with zero attached hydrogens (tertiary/aromatic N) is 2. The molecule has 1 aliphatic heterocycles. The SMILES string of the molecule is O=c1c2c(ncn1Cc1ccccc1)CNC2. The molecule has 1 aromatic carbocycles. The summed E-state index contributed by atoms with van der Waals surface area (Å²) in [4.78, 5) is 16.5. The van der Waals surface area contributed by atoms with Crippen molar-refractivity contribution in [1.29, 1.82) is 0 Å². The molecule has 1 aliphatic rings. The standard InChI is InChI=1S/C13H13N3O/c17-13-11-6-14-7-12(11)15-9-16(13)8-10-4-2-1-3-5-10/h1-5,9,14H,6-8H2. The number of hydrogen-bond donors (Lipinski definition) is 1. The number of nitrogens with one attached hydrogen (secondary N) is 1. The van der Waals surface area contributed by atoms with Gasteiger partial charge in [-0.05, 0) is 5.56 Å². The third-order valence-corrected chi connectivity index (χ3v) is 3.01. The number of aromatic nitrogens is 2. The van der Waals surface area contributed by atoms with Crippen molar-refractivity contribution < 1.29 is 0 Å². The molecule has 0 spiro atoms. The van der Waals surface area contributed by atoms with Crippen LogP contribution in [0.4, 0.5) is 0 Å². The molecule has 0 aliphatic carbocycles. The molecule has 4 nitrogen and oxygen atoms in total. The average Bonchev–Trinajstić information content (AvgIpc) is 2.83. The van der Waals surface area contributed by atoms with Crippen molar-refractivity contribution in [3.8, 4) is 0 Å². The summed E-state index contributed by atoms with van der Waals surface area (Å²) in [6, 6.07) is 9.94. The molecule has 0 radical (unpaired) electrons. The predicted molar refractivity (Wildman–Crippen MR) is 64.6 cm³/mol. The normalized spacial score (nSPS) is 13.6. The summed E-state index contributed by atoms with van der Waals surface area (Å²) in [5.74, 6) is 0. The summed E-state index contributed by atoms with van der Waals surface area (Å²) < 4.78 is 1.67. The van der Waals surface area contributed by atoms with Crippen molar-refractivity contribution in [2.24, 2.45) is 0 Å². The molecule has 17 heavy (non-hydrogen) atoms. The first-order chi connectivity index (χ1) is 8.34. The number of benzene rings is 1. The van der Waals surface area contributed by atoms with Crippen LogP contribution in [0.25, 0.3) is 0 Å². The van der Waals surface area contributed by atoms with Gasteiger partial charge < -0.3 is 5.32 Å². The van der Waals surface area contributed by atoms with Crippen LogP contribution in [-0.4, -0.2) is 9.55 Å². The van der Waals surface area contributed by atoms with Gasteiger partial charge in [-0.25, -0.2) is 4.98 Å². The molecule has 0 unspecified atom stereocenters. The zero-order chi connectivity index (χ0) is 11.7. The minimum Gasteiger partial charge on any atom is -0.307 e. The lowest BCUT2D eigenvalue weighted by Crippen LogP contribution is -2.25. The quantitative estimate of drug-likeness (QED) is 0.829. The first kappa shape index (κ1) is 10.2. The zero-order valence-electron chi connectivity index (χ0n) is 9.39. The number of fused-ring (bicyclic) bond motifs is 1. The third-order valence-electron chi connectivity index (χ3n) is 3.01. The van der Waals surface area contributed by atoms with E-state index in [-0.39, 0.29) is 5.56 Å². The summed E-state index contributed by atoms with van der Waals surface area (Å²) in [7, 11) is 0. The van der Waals surface area contributed by atoms with Crippen LogP contribution in [0.3, 0.4) is 0 Å². The smallest absolute Gasteiger partial charge is 0.258 e. The van der Waals surface area contributed by atoms with Crippen molar-refractivity contribution >= 4 is 0 Å². The lowest BCUT2D eigenvalue weighted by atomic mass is 10.2. The molecular formula is C13H13N3O. The molecule has 2 heterocycles. The van der Waals surface area contributed by atoms with E-state index in [9.17, 15) is 4.79 Å². The molecule has 0 amide bonds. The highest BCUT2D eigenvalue weighted by atomic mass is 16.1. The van der Waals surface area contributed by atoms with Crippen LogP contribution in [0.2, 0.25) is 0 Å². The van der Waals surface area contributed by atoms with Gasteiger partial charge in [-0.15, -0.1) is 0 Å². The largest absolute Gasteiger partial charge is 0.307 e. The van der Waals surface area contributed by atoms with E-state index in [1.807, 2.05) is 30.3 Å². The minimum absolute atomic E-state index is 0.0730. The summed E-state index contributed by atoms with van der Waals surface area (Å²) in [6.45, 7) is 1.92. The minimum atomic E-state index is 0.0730. The van der Waals surface area contributed by atoms with Gasteiger partial charge in [-0.2, -0.15) is 0 Å². The van der Waals surface area contributed by atoms with Crippen LogP contribution in [0.15, 0.2) is 41.5 Å². The van der Waals surface area contributed by atoms with Gasteiger partial charge >= 0.3 is 0 Å². The Kier molecular flexibility index (Phi) is 2.49. The van der Waals surface area contributed by atoms with E-state index in [0.29, 0.717) is 19.6 Å². The molecule has 0 bridgehead atoms. The highest BCUT2D eigenvalue weighted by Gasteiger charge is 2.16. The van der Waals surface area contributed by atoms with E-state index >= 15 is 0 Å². The van der Waals surface area contributed by atoms with Crippen LogP contribution >= 0.6 is 0 Å². The maximum atomic E-state index is 12.1. The molecule has 2 aromatic rings. The van der Waals surface area contributed by atoms with Crippen molar-refractivity contribution in [3.63, 3.8) is 0 Å². The highest BCUT2D eigenvalue weighted by Crippen LogP contribution is 2.07. The molecule has 0 atom stereocenters. The van der Waals surface area contributed by atoms with Crippen LogP contribution in [0, 0.1) is 0 Å². The lowest BCUT2D eigenvalue weighted by molar-refractivity contribution is 0.720. The van der Waals surface area contributed by atoms with Gasteiger partial charge in [0.15, 0.2) is 0 Å². The molecule has 1 N–H and O–H groups in total. The second kappa shape index (κ2) is 4.14. The van der Waals surface area contributed by atoms with Crippen LogP contribution < -0.4 is 10.9 Å². The Morgan fingerprint density at radius 2 is 2.06 bits per heavy atom. The van der Waals surface area contributed by atoms with Crippen molar-refractivity contribution in [3.05, 3.63) is 63.8 Å². The second-order valence-corrected chi connectivity index (χ2v) is 4.19. The second-order valence-electron chi connectivity index (χ2n) is 4.19. The Morgan fingerprint density at radius 3 is 2.88 bits per heavy atom. The van der Waals surface area contributed by atoms with Gasteiger partial charge in [0, 0.05) is 13.1 Å². The van der Waals surface area contributed by atoms with Crippen molar-refractivity contribution in [1.82, 2.24) is 14.9 Å². The first-order valence-electron chi connectivity index (χ1n) is 5.66. The summed E-state index contributed by atoms with van der Waals surface area (Å²) in [5.41, 5.74) is 2.88. The van der Waals surface area contributed by atoms with Gasteiger partial charge in [0.1, 0.15) is 0 Å². The molecule has 4 heteroatoms. The first-order valence-corrected chi connectivity index (χ1v) is 5.66. The molecule has 1 aromatic heterocycles. The Morgan fingerprint density at radius 1 is 1.24 bits per heavy atom. The Hall–Kier alpha value is -1.94. The highest BCUT2D eigenvalue weighted by molar-refractivity contribution is 5.22. The lowest BCUT2D eigenvalue weighted by Gasteiger charge is -2.06. The molecule has 3 rings (SSSR count). The van der Waals surface area contributed by atoms with Crippen LogP contribution in [0.1, 0.15) is 16.8 Å². The van der Waals surface area contributed by atoms with E-state index < -0.39 is 0 Å². The summed E-state index contributed by atoms with van der Waals surface area (Å²) >= 11 is 0. The van der Waals surface area contributed by atoms with Gasteiger partial charge in [0.2, 0.25) is 0 Å². The fraction of sp³-hybridized carbons (Fsp3) is 0.231. The monoisotopic (exact) mass is 227 g/mol. The number of rotatable bonds is 2. The Bertz CT molecular complexity index is 589. The third kappa shape index (κ3) is 1.87. The molecule has 0 fully saturated rings. The van der Waals surface area contributed by atoms with Gasteiger partial charge in [-0.3, -0.25) is 9.36 Å². The maximum Gasteiger partial charge on any atom is 0.258 e. The fourth-order valence-corrected chi connectivity index (χ4v) is 2.10. The topological polar surface area (TPSA) is 46.9 Å². The molecule has 0 saturated carbocycles. The van der Waals surface area contributed by atoms with Crippen LogP contribution in [-0.2, 0) is 19.6 Å². The predicted octanol–water partition coefficient (Wildman–Crippen LogP) is 0.895. The molecular weight excluding hydrogens is 214 g/mol. The van der Waals surface area contributed by atoms with E-state index in [4.69, 9.17) is 0 Å². The summed E-state index contributed by atoms with van der Waals surface area (Å²) in [6.07, 6.45) is 1.64. The van der Waals surface area contributed by atoms with Gasteiger partial charge in [-0.1, -0.05) is 30.3 Å². The molecule has 86 valence electrons. The summed E-state index contributed by atoms with van der Waals surface area (Å²) in [5, 5.41) is 3.14. The van der Waals surface area contributed by atoms with E-state index in [0.717, 1.165) is 16.8 Å². The zero-order valence-corrected chi connectivity index (χ0v) is 9.39. The van der Waals surface area contributed by atoms with Crippen molar-refractivity contribution in [2.45, 2.75) is 19.6 Å². The maximum absolute atomic E-state index is 12.1. The van der Waals surface area contributed by atoms with E-state index in [2.05, 4.69) is 10.3 Å².